The molecule has 0 amide bonds. The average molecular weight is 174 g/mol. The van der Waals surface area contributed by atoms with E-state index in [0.717, 1.165) is 4.21 Å². The second kappa shape index (κ2) is 2.40. The van der Waals surface area contributed by atoms with Crippen LogP contribution in [0.25, 0.3) is 0 Å². The molecule has 1 aromatic rings. The van der Waals surface area contributed by atoms with E-state index < -0.39 is 9.52 Å². The Morgan fingerprint density at radius 1 is 1.60 bits per heavy atom. The molecule has 0 saturated carbocycles. The quantitative estimate of drug-likeness (QED) is 0.593. The molecule has 0 fully saturated rings. The fraction of sp³-hybridized carbons (Fsp3) is 0.286. The van der Waals surface area contributed by atoms with Gasteiger partial charge < -0.3 is 0 Å². The van der Waals surface area contributed by atoms with E-state index in [9.17, 15) is 4.21 Å². The molecule has 3 heteroatoms. The van der Waals surface area contributed by atoms with Crippen LogP contribution in [0.1, 0.15) is 4.88 Å². The van der Waals surface area contributed by atoms with Crippen LogP contribution in [0.5, 0.6) is 0 Å². The molecule has 0 aliphatic rings. The van der Waals surface area contributed by atoms with Crippen LogP contribution >= 0.6 is 11.3 Å². The third-order valence-electron chi connectivity index (χ3n) is 1.14. The molecule has 1 unspecified atom stereocenters. The SMILES string of the molecule is C=S(C)(=O)c1ccc(C)s1. The minimum atomic E-state index is -1.96. The first-order valence-electron chi connectivity index (χ1n) is 2.89. The van der Waals surface area contributed by atoms with Gasteiger partial charge in [0.25, 0.3) is 0 Å². The Balaban J connectivity index is 3.21. The van der Waals surface area contributed by atoms with Crippen LogP contribution in [0.2, 0.25) is 0 Å². The van der Waals surface area contributed by atoms with E-state index >= 15 is 0 Å². The van der Waals surface area contributed by atoms with Crippen LogP contribution in [-0.2, 0) is 9.52 Å². The molecular weight excluding hydrogens is 164 g/mol. The van der Waals surface area contributed by atoms with Crippen molar-refractivity contribution in [2.45, 2.75) is 11.1 Å². The maximum Gasteiger partial charge on any atom is 0.0827 e. The molecule has 1 rings (SSSR count). The zero-order valence-corrected chi connectivity index (χ0v) is 7.72. The molecule has 0 aromatic carbocycles. The van der Waals surface area contributed by atoms with Gasteiger partial charge in [-0.2, -0.15) is 0 Å². The van der Waals surface area contributed by atoms with E-state index in [1.54, 1.807) is 17.6 Å². The second-order valence-corrected chi connectivity index (χ2v) is 6.37. The van der Waals surface area contributed by atoms with Gasteiger partial charge in [0.15, 0.2) is 0 Å². The van der Waals surface area contributed by atoms with Gasteiger partial charge in [-0.05, 0) is 24.9 Å². The van der Waals surface area contributed by atoms with Crippen molar-refractivity contribution in [1.29, 1.82) is 0 Å². The standard InChI is InChI=1S/C7H10OS2/c1-6-4-5-7(9-6)10(2,3)8/h4-5H,2H2,1,3H3. The summed E-state index contributed by atoms with van der Waals surface area (Å²) in [6.07, 6.45) is 1.66. The Kier molecular flexibility index (Phi) is 1.88. The smallest absolute Gasteiger partial charge is 0.0827 e. The Labute approximate surface area is 65.7 Å². The number of thiophene rings is 1. The van der Waals surface area contributed by atoms with Crippen molar-refractivity contribution in [3.05, 3.63) is 17.0 Å². The molecular formula is C7H10OS2. The summed E-state index contributed by atoms with van der Waals surface area (Å²) in [7, 11) is -1.96. The number of rotatable bonds is 1. The molecule has 0 aliphatic carbocycles. The van der Waals surface area contributed by atoms with E-state index in [1.807, 2.05) is 19.1 Å². The predicted octanol–water partition coefficient (Wildman–Crippen LogP) is 1.76. The summed E-state index contributed by atoms with van der Waals surface area (Å²) in [5, 5.41) is 0. The molecule has 0 spiro atoms. The molecule has 1 atom stereocenters. The molecule has 0 radical (unpaired) electrons. The van der Waals surface area contributed by atoms with Gasteiger partial charge in [0.2, 0.25) is 0 Å². The fourth-order valence-electron chi connectivity index (χ4n) is 0.644. The minimum Gasteiger partial charge on any atom is -0.263 e. The van der Waals surface area contributed by atoms with E-state index in [0.29, 0.717) is 0 Å². The summed E-state index contributed by atoms with van der Waals surface area (Å²) >= 11 is 1.56. The summed E-state index contributed by atoms with van der Waals surface area (Å²) in [6, 6.07) is 3.85. The van der Waals surface area contributed by atoms with Gasteiger partial charge in [-0.25, -0.2) is 0 Å². The van der Waals surface area contributed by atoms with Crippen LogP contribution in [0.3, 0.4) is 0 Å². The van der Waals surface area contributed by atoms with Crippen LogP contribution in [-0.4, -0.2) is 16.3 Å². The predicted molar refractivity (Wildman–Crippen MR) is 48.5 cm³/mol. The molecule has 0 aliphatic heterocycles. The van der Waals surface area contributed by atoms with Gasteiger partial charge in [0.05, 0.1) is 4.21 Å². The normalized spacial score (nSPS) is 16.6. The van der Waals surface area contributed by atoms with Crippen molar-refractivity contribution < 1.29 is 4.21 Å². The van der Waals surface area contributed by atoms with E-state index in [4.69, 9.17) is 0 Å². The summed E-state index contributed by atoms with van der Waals surface area (Å²) in [5.41, 5.74) is 0. The highest BCUT2D eigenvalue weighted by Crippen LogP contribution is 2.19. The van der Waals surface area contributed by atoms with Gasteiger partial charge in [0, 0.05) is 20.7 Å². The lowest BCUT2D eigenvalue weighted by molar-refractivity contribution is 0.686. The lowest BCUT2D eigenvalue weighted by atomic mass is 10.5. The fourth-order valence-corrected chi connectivity index (χ4v) is 2.69. The lowest BCUT2D eigenvalue weighted by Crippen LogP contribution is -1.91. The summed E-state index contributed by atoms with van der Waals surface area (Å²) in [4.78, 5) is 1.19. The first kappa shape index (κ1) is 7.82. The van der Waals surface area contributed by atoms with Gasteiger partial charge in [-0.15, -0.1) is 11.3 Å². The first-order valence-corrected chi connectivity index (χ1v) is 5.84. The van der Waals surface area contributed by atoms with Gasteiger partial charge in [-0.1, -0.05) is 0 Å². The maximum atomic E-state index is 11.3. The van der Waals surface area contributed by atoms with Crippen molar-refractivity contribution in [1.82, 2.24) is 0 Å². The molecule has 0 N–H and O–H groups in total. The molecule has 10 heavy (non-hydrogen) atoms. The second-order valence-electron chi connectivity index (χ2n) is 2.37. The maximum absolute atomic E-state index is 11.3. The highest BCUT2D eigenvalue weighted by atomic mass is 32.2. The summed E-state index contributed by atoms with van der Waals surface area (Å²) in [5.74, 6) is 3.59. The Morgan fingerprint density at radius 3 is 2.40 bits per heavy atom. The third-order valence-corrected chi connectivity index (χ3v) is 4.23. The third kappa shape index (κ3) is 1.61. The van der Waals surface area contributed by atoms with Crippen molar-refractivity contribution >= 4 is 26.7 Å². The molecule has 56 valence electrons. The number of hydrogen-bond acceptors (Lipinski definition) is 2. The van der Waals surface area contributed by atoms with Crippen LogP contribution in [0.15, 0.2) is 16.3 Å². The van der Waals surface area contributed by atoms with Crippen molar-refractivity contribution in [2.24, 2.45) is 0 Å². The Morgan fingerprint density at radius 2 is 2.20 bits per heavy atom. The van der Waals surface area contributed by atoms with Crippen molar-refractivity contribution in [2.75, 3.05) is 6.26 Å². The molecule has 0 bridgehead atoms. The average Bonchev–Trinajstić information content (AvgIpc) is 2.11. The van der Waals surface area contributed by atoms with E-state index in [2.05, 4.69) is 5.87 Å². The zero-order valence-electron chi connectivity index (χ0n) is 6.09. The summed E-state index contributed by atoms with van der Waals surface area (Å²) < 4.78 is 12.2. The van der Waals surface area contributed by atoms with Gasteiger partial charge in [0.1, 0.15) is 0 Å². The van der Waals surface area contributed by atoms with Gasteiger partial charge >= 0.3 is 0 Å². The van der Waals surface area contributed by atoms with Crippen LogP contribution in [0, 0.1) is 6.92 Å². The van der Waals surface area contributed by atoms with E-state index in [-0.39, 0.29) is 0 Å². The minimum absolute atomic E-state index is 0.894. The highest BCUT2D eigenvalue weighted by molar-refractivity contribution is 8.01. The Hall–Kier alpha value is -0.280. The molecule has 1 heterocycles. The topological polar surface area (TPSA) is 17.1 Å². The van der Waals surface area contributed by atoms with Crippen molar-refractivity contribution in [3.8, 4) is 0 Å². The van der Waals surface area contributed by atoms with Crippen molar-refractivity contribution in [3.63, 3.8) is 0 Å². The zero-order chi connectivity index (χ0) is 7.78. The molecule has 1 aromatic heterocycles. The monoisotopic (exact) mass is 174 g/mol. The lowest BCUT2D eigenvalue weighted by Gasteiger charge is -1.93. The largest absolute Gasteiger partial charge is 0.263 e. The Bertz CT molecular complexity index is 319. The number of hydrogen-bond donors (Lipinski definition) is 0. The number of aryl methyl sites for hydroxylation is 1. The first-order chi connectivity index (χ1) is 4.50. The summed E-state index contributed by atoms with van der Waals surface area (Å²) in [6.45, 7) is 2.00. The van der Waals surface area contributed by atoms with Gasteiger partial charge in [-0.3, -0.25) is 4.21 Å². The van der Waals surface area contributed by atoms with E-state index in [1.165, 1.54) is 4.88 Å². The van der Waals surface area contributed by atoms with Crippen LogP contribution < -0.4 is 0 Å². The molecule has 0 saturated heterocycles. The van der Waals surface area contributed by atoms with Crippen LogP contribution in [0.4, 0.5) is 0 Å². The highest BCUT2D eigenvalue weighted by Gasteiger charge is 2.01. The molecule has 1 nitrogen and oxygen atoms in total.